The third-order valence-corrected chi connectivity index (χ3v) is 6.32. The van der Waals surface area contributed by atoms with Crippen molar-refractivity contribution in [3.63, 3.8) is 0 Å². The van der Waals surface area contributed by atoms with Crippen LogP contribution < -0.4 is 14.2 Å². The largest absolute Gasteiger partial charge is 0.507 e. The van der Waals surface area contributed by atoms with Gasteiger partial charge in [-0.2, -0.15) is 0 Å². The molecule has 1 atom stereocenters. The van der Waals surface area contributed by atoms with Crippen LogP contribution in [0.1, 0.15) is 43.9 Å². The maximum absolute atomic E-state index is 13.3. The first-order chi connectivity index (χ1) is 18.5. The monoisotopic (exact) mass is 519 g/mol. The zero-order valence-electron chi connectivity index (χ0n) is 21.9. The second-order valence-electron chi connectivity index (χ2n) is 8.86. The number of likely N-dealkylation sites (tertiary alicyclic amines) is 1. The van der Waals surface area contributed by atoms with Gasteiger partial charge in [-0.3, -0.25) is 9.59 Å². The summed E-state index contributed by atoms with van der Waals surface area (Å²) in [4.78, 5) is 32.2. The molecule has 1 N–H and O–H groups in total. The summed E-state index contributed by atoms with van der Waals surface area (Å²) in [6.07, 6.45) is 6.67. The molecule has 1 amide bonds. The lowest BCUT2D eigenvalue weighted by Gasteiger charge is -2.26. The molecule has 200 valence electrons. The number of aliphatic hydroxyl groups is 1. The SMILES string of the molecule is CCCOc1ccc([C@@H]2C(=C(O)c3ccc(OCC)cc3)C(=O)C(=O)N2CCCn2ccnc2)cc1OC. The number of aryl methyl sites for hydroxylation is 1. The number of amides is 1. The van der Waals surface area contributed by atoms with Gasteiger partial charge in [0.2, 0.25) is 0 Å². The predicted octanol–water partition coefficient (Wildman–Crippen LogP) is 4.59. The fraction of sp³-hybridized carbons (Fsp3) is 0.345. The molecule has 1 saturated heterocycles. The van der Waals surface area contributed by atoms with Crippen molar-refractivity contribution in [2.24, 2.45) is 0 Å². The molecule has 1 fully saturated rings. The summed E-state index contributed by atoms with van der Waals surface area (Å²) < 4.78 is 18.8. The summed E-state index contributed by atoms with van der Waals surface area (Å²) in [5.41, 5.74) is 1.09. The first-order valence-electron chi connectivity index (χ1n) is 12.8. The Labute approximate surface area is 222 Å². The third-order valence-electron chi connectivity index (χ3n) is 6.32. The van der Waals surface area contributed by atoms with E-state index in [1.165, 1.54) is 4.90 Å². The maximum Gasteiger partial charge on any atom is 0.295 e. The summed E-state index contributed by atoms with van der Waals surface area (Å²) in [6.45, 7) is 5.87. The molecule has 2 heterocycles. The van der Waals surface area contributed by atoms with Crippen LogP contribution in [0.2, 0.25) is 0 Å². The number of benzene rings is 2. The molecule has 0 unspecified atom stereocenters. The Balaban J connectivity index is 1.74. The smallest absolute Gasteiger partial charge is 0.295 e. The van der Waals surface area contributed by atoms with E-state index in [2.05, 4.69) is 4.98 Å². The van der Waals surface area contributed by atoms with Gasteiger partial charge >= 0.3 is 0 Å². The van der Waals surface area contributed by atoms with Crippen molar-refractivity contribution in [3.8, 4) is 17.2 Å². The second-order valence-corrected chi connectivity index (χ2v) is 8.86. The van der Waals surface area contributed by atoms with Crippen LogP contribution in [0.5, 0.6) is 17.2 Å². The second kappa shape index (κ2) is 12.3. The third kappa shape index (κ3) is 5.66. The van der Waals surface area contributed by atoms with Gasteiger partial charge in [0.05, 0.1) is 38.3 Å². The van der Waals surface area contributed by atoms with E-state index < -0.39 is 17.7 Å². The van der Waals surface area contributed by atoms with Crippen molar-refractivity contribution in [1.82, 2.24) is 14.5 Å². The van der Waals surface area contributed by atoms with Crippen LogP contribution in [0.15, 0.2) is 66.8 Å². The average molecular weight is 520 g/mol. The molecule has 0 saturated carbocycles. The molecular weight excluding hydrogens is 486 g/mol. The van der Waals surface area contributed by atoms with Crippen molar-refractivity contribution >= 4 is 17.4 Å². The maximum atomic E-state index is 13.3. The van der Waals surface area contributed by atoms with E-state index in [1.54, 1.807) is 62.1 Å². The molecule has 0 radical (unpaired) electrons. The van der Waals surface area contributed by atoms with Gasteiger partial charge in [-0.25, -0.2) is 4.98 Å². The van der Waals surface area contributed by atoms with E-state index in [0.717, 1.165) is 6.42 Å². The Bertz CT molecular complexity index is 1280. The Morgan fingerprint density at radius 1 is 1.03 bits per heavy atom. The number of ether oxygens (including phenoxy) is 3. The molecule has 38 heavy (non-hydrogen) atoms. The highest BCUT2D eigenvalue weighted by Crippen LogP contribution is 2.42. The molecule has 0 bridgehead atoms. The number of ketones is 1. The lowest BCUT2D eigenvalue weighted by Crippen LogP contribution is -2.31. The lowest BCUT2D eigenvalue weighted by atomic mass is 9.95. The molecule has 0 spiro atoms. The molecule has 3 aromatic rings. The summed E-state index contributed by atoms with van der Waals surface area (Å²) in [5.74, 6) is 0.0853. The summed E-state index contributed by atoms with van der Waals surface area (Å²) in [6, 6.07) is 11.3. The van der Waals surface area contributed by atoms with E-state index in [9.17, 15) is 14.7 Å². The van der Waals surface area contributed by atoms with Crippen molar-refractivity contribution in [1.29, 1.82) is 0 Å². The van der Waals surface area contributed by atoms with Crippen LogP contribution >= 0.6 is 0 Å². The number of carbonyl (C=O) groups is 2. The van der Waals surface area contributed by atoms with Gasteiger partial charge in [0.25, 0.3) is 11.7 Å². The summed E-state index contributed by atoms with van der Waals surface area (Å²) in [5, 5.41) is 11.3. The van der Waals surface area contributed by atoms with Gasteiger partial charge in [0.1, 0.15) is 11.5 Å². The number of aliphatic hydroxyl groups excluding tert-OH is 1. The normalized spacial score (nSPS) is 16.6. The number of methoxy groups -OCH3 is 1. The molecule has 2 aromatic carbocycles. The minimum atomic E-state index is -0.793. The number of nitrogens with zero attached hydrogens (tertiary/aromatic N) is 3. The fourth-order valence-corrected chi connectivity index (χ4v) is 4.52. The number of carbonyl (C=O) groups excluding carboxylic acids is 2. The van der Waals surface area contributed by atoms with Crippen LogP contribution in [-0.2, 0) is 16.1 Å². The van der Waals surface area contributed by atoms with Crippen LogP contribution in [0.25, 0.3) is 5.76 Å². The van der Waals surface area contributed by atoms with Crippen molar-refractivity contribution in [2.75, 3.05) is 26.9 Å². The zero-order valence-corrected chi connectivity index (χ0v) is 21.9. The lowest BCUT2D eigenvalue weighted by molar-refractivity contribution is -0.139. The average Bonchev–Trinajstić information content (AvgIpc) is 3.54. The van der Waals surface area contributed by atoms with Crippen LogP contribution in [0.4, 0.5) is 0 Å². The molecule has 9 heteroatoms. The number of hydrogen-bond acceptors (Lipinski definition) is 7. The first kappa shape index (κ1) is 26.8. The molecule has 1 aliphatic rings. The standard InChI is InChI=1S/C29H33N3O6/c1-4-17-38-23-12-9-21(18-24(23)36-3)26-25(27(33)20-7-10-22(11-8-20)37-5-2)28(34)29(35)32(26)15-6-14-31-16-13-30-19-31/h7-13,16,18-19,26,33H,4-6,14-15,17H2,1-3H3/t26-/m1/s1. The molecule has 1 aliphatic heterocycles. The number of imidazole rings is 1. The van der Waals surface area contributed by atoms with Crippen molar-refractivity contribution in [2.45, 2.75) is 39.3 Å². The molecule has 9 nitrogen and oxygen atoms in total. The van der Waals surface area contributed by atoms with Gasteiger partial charge < -0.3 is 28.8 Å². The Hall–Kier alpha value is -4.27. The quantitative estimate of drug-likeness (QED) is 0.212. The number of Topliss-reactive ketones (excluding diaryl/α,β-unsaturated/α-hetero) is 1. The van der Waals surface area contributed by atoms with Gasteiger partial charge in [-0.05, 0) is 61.7 Å². The minimum absolute atomic E-state index is 0.0334. The van der Waals surface area contributed by atoms with Crippen molar-refractivity contribution < 1.29 is 28.9 Å². The Morgan fingerprint density at radius 2 is 1.82 bits per heavy atom. The number of aromatic nitrogens is 2. The van der Waals surface area contributed by atoms with Gasteiger partial charge in [-0.15, -0.1) is 0 Å². The Morgan fingerprint density at radius 3 is 2.47 bits per heavy atom. The number of hydrogen-bond donors (Lipinski definition) is 1. The molecule has 0 aliphatic carbocycles. The molecule has 4 rings (SSSR count). The predicted molar refractivity (Wildman–Crippen MR) is 142 cm³/mol. The fourth-order valence-electron chi connectivity index (χ4n) is 4.52. The van der Waals surface area contributed by atoms with Crippen molar-refractivity contribution in [3.05, 3.63) is 77.9 Å². The highest BCUT2D eigenvalue weighted by atomic mass is 16.5. The highest BCUT2D eigenvalue weighted by Gasteiger charge is 2.46. The summed E-state index contributed by atoms with van der Waals surface area (Å²) >= 11 is 0. The van der Waals surface area contributed by atoms with E-state index in [0.29, 0.717) is 61.1 Å². The Kier molecular flexibility index (Phi) is 8.68. The topological polar surface area (TPSA) is 103 Å². The molecule has 1 aromatic heterocycles. The van der Waals surface area contributed by atoms with Crippen LogP contribution in [-0.4, -0.2) is 58.1 Å². The van der Waals surface area contributed by atoms with Gasteiger partial charge in [0, 0.05) is 31.0 Å². The van der Waals surface area contributed by atoms with E-state index in [1.807, 2.05) is 24.6 Å². The van der Waals surface area contributed by atoms with Crippen LogP contribution in [0.3, 0.4) is 0 Å². The summed E-state index contributed by atoms with van der Waals surface area (Å²) in [7, 11) is 1.54. The highest BCUT2D eigenvalue weighted by molar-refractivity contribution is 6.46. The number of rotatable bonds is 12. The van der Waals surface area contributed by atoms with E-state index in [-0.39, 0.29) is 11.3 Å². The molecular formula is C29H33N3O6. The zero-order chi connectivity index (χ0) is 27.1. The minimum Gasteiger partial charge on any atom is -0.507 e. The van der Waals surface area contributed by atoms with E-state index in [4.69, 9.17) is 14.2 Å². The van der Waals surface area contributed by atoms with E-state index >= 15 is 0 Å². The van der Waals surface area contributed by atoms with Gasteiger partial charge in [0.15, 0.2) is 11.5 Å². The first-order valence-corrected chi connectivity index (χ1v) is 12.8. The van der Waals surface area contributed by atoms with Crippen LogP contribution in [0, 0.1) is 0 Å². The van der Waals surface area contributed by atoms with Gasteiger partial charge in [-0.1, -0.05) is 13.0 Å².